The number of nitrogens with zero attached hydrogens (tertiary/aromatic N) is 6. The number of hydrogen-bond acceptors (Lipinski definition) is 23. The van der Waals surface area contributed by atoms with Crippen LogP contribution in [0.1, 0.15) is 93.0 Å². The molecule has 4 aliphatic heterocycles. The van der Waals surface area contributed by atoms with E-state index in [1.165, 1.54) is 29.5 Å². The number of aryl methyl sites for hydroxylation is 2. The van der Waals surface area contributed by atoms with E-state index in [1.54, 1.807) is 64.8 Å². The number of esters is 1. The number of carbonyl (C=O) groups excluding carboxylic acids is 3. The normalized spacial score (nSPS) is 12.3. The van der Waals surface area contributed by atoms with Crippen LogP contribution < -0.4 is 101 Å². The molecule has 8 N–H and O–H groups in total. The van der Waals surface area contributed by atoms with Gasteiger partial charge in [-0.15, -0.1) is 0 Å². The Morgan fingerprint density at radius 1 is 0.500 bits per heavy atom. The highest BCUT2D eigenvalue weighted by Crippen LogP contribution is 2.42. The molecule has 8 aromatic rings. The highest BCUT2D eigenvalue weighted by molar-refractivity contribution is 6.29. The second-order valence-electron chi connectivity index (χ2n) is 25.6. The van der Waals surface area contributed by atoms with Gasteiger partial charge in [-0.2, -0.15) is 4.98 Å². The first kappa shape index (κ1) is 95.5. The lowest BCUT2D eigenvalue weighted by Gasteiger charge is -2.23. The molecular formula is C88H107ClN12O19. The number of nitrogens with two attached hydrogens (primary N) is 2. The summed E-state index contributed by atoms with van der Waals surface area (Å²) in [6.45, 7) is 40.5. The van der Waals surface area contributed by atoms with Gasteiger partial charge in [-0.3, -0.25) is 28.5 Å². The monoisotopic (exact) mass is 1670 g/mol. The maximum absolute atomic E-state index is 11.9. The number of methoxy groups -OCH3 is 6. The minimum atomic E-state index is -0.469. The minimum Gasteiger partial charge on any atom is -0.493 e. The summed E-state index contributed by atoms with van der Waals surface area (Å²) in [5.41, 5.74) is 23.0. The van der Waals surface area contributed by atoms with Crippen LogP contribution in [0.2, 0.25) is 5.15 Å². The van der Waals surface area contributed by atoms with E-state index in [1.807, 2.05) is 126 Å². The maximum atomic E-state index is 11.9. The molecule has 0 atom stereocenters. The van der Waals surface area contributed by atoms with Crippen molar-refractivity contribution in [1.29, 1.82) is 0 Å². The molecule has 0 spiro atoms. The number of primary amides is 1. The molecule has 31 nitrogen and oxygen atoms in total. The van der Waals surface area contributed by atoms with Crippen LogP contribution in [0, 0.1) is 19.7 Å². The Bertz CT molecular complexity index is 5170. The molecule has 0 aliphatic carbocycles. The fourth-order valence-corrected chi connectivity index (χ4v) is 13.0. The third kappa shape index (κ3) is 27.7. The Balaban J connectivity index is 0.000000220. The van der Waals surface area contributed by atoms with E-state index >= 15 is 0 Å². The third-order valence-electron chi connectivity index (χ3n) is 18.0. The molecule has 12 rings (SSSR count). The summed E-state index contributed by atoms with van der Waals surface area (Å²) in [6, 6.07) is 30.1. The van der Waals surface area contributed by atoms with E-state index < -0.39 is 17.4 Å². The molecule has 0 saturated heterocycles. The quantitative estimate of drug-likeness (QED) is 0.0121. The number of aromatic amines is 1. The molecule has 0 saturated carbocycles. The van der Waals surface area contributed by atoms with Crippen molar-refractivity contribution in [2.75, 3.05) is 128 Å². The fraction of sp³-hybridized carbons (Fsp3) is 0.386. The Morgan fingerprint density at radius 2 is 0.908 bits per heavy atom. The number of nitrogens with one attached hydrogen (secondary N) is 4. The Hall–Kier alpha value is -13.3. The molecule has 0 bridgehead atoms. The number of benzene rings is 6. The van der Waals surface area contributed by atoms with Gasteiger partial charge in [0.25, 0.3) is 18.0 Å². The summed E-state index contributed by atoms with van der Waals surface area (Å²) in [5, 5.41) is 9.29. The van der Waals surface area contributed by atoms with Gasteiger partial charge in [-0.05, 0) is 205 Å². The van der Waals surface area contributed by atoms with E-state index in [4.69, 9.17) is 99.6 Å². The van der Waals surface area contributed by atoms with Gasteiger partial charge in [-0.25, -0.2) is 32.4 Å². The van der Waals surface area contributed by atoms with Crippen LogP contribution in [-0.2, 0) is 70.7 Å². The van der Waals surface area contributed by atoms with E-state index in [0.29, 0.717) is 131 Å². The summed E-state index contributed by atoms with van der Waals surface area (Å²) < 4.78 is 72.6. The van der Waals surface area contributed by atoms with E-state index in [0.717, 1.165) is 129 Å². The second kappa shape index (κ2) is 50.3. The molecule has 2 amide bonds. The van der Waals surface area contributed by atoms with Crippen molar-refractivity contribution in [3.63, 3.8) is 0 Å². The number of ether oxygens (including phenoxy) is 13. The molecule has 2 aromatic heterocycles. The SMILES string of the molecule is CCOc1cc(CCN)ccc1OC.CCOc1cc2c(cc1OC)-c1cc(=O)[nH]c(=O)n1CC2.CCOc1cc2c(cc1OC)-c1cc(Cl)nc(=O)n1CC2.CCOc1cc2c(cc1OC)/C(=C/C(N)=O)NCC2.[C-]#[N+]/C=C1\NCCc2cc(OCC)c(OC)cc21.[C-]#[N+]CC(=O)NCCc1ccc(OC)c(OCC)c1.[C-]#[N+]CC(=O)OCC. The van der Waals surface area contributed by atoms with Crippen molar-refractivity contribution >= 4 is 40.8 Å². The molecule has 120 heavy (non-hydrogen) atoms. The van der Waals surface area contributed by atoms with Gasteiger partial charge in [-0.1, -0.05) is 23.7 Å². The van der Waals surface area contributed by atoms with Crippen LogP contribution in [0.3, 0.4) is 0 Å². The predicted molar refractivity (Wildman–Crippen MR) is 459 cm³/mol. The zero-order valence-corrected chi connectivity index (χ0v) is 71.0. The van der Waals surface area contributed by atoms with Gasteiger partial charge >= 0.3 is 23.9 Å². The zero-order chi connectivity index (χ0) is 87.6. The first-order valence-corrected chi connectivity index (χ1v) is 39.4. The van der Waals surface area contributed by atoms with Crippen molar-refractivity contribution < 1.29 is 76.0 Å². The zero-order valence-electron chi connectivity index (χ0n) is 70.2. The van der Waals surface area contributed by atoms with Gasteiger partial charge < -0.3 is 98.7 Å². The van der Waals surface area contributed by atoms with Gasteiger partial charge in [0.15, 0.2) is 75.2 Å². The van der Waals surface area contributed by atoms with Gasteiger partial charge in [0.05, 0.1) is 107 Å². The van der Waals surface area contributed by atoms with E-state index in [-0.39, 0.29) is 35.5 Å². The fourth-order valence-electron chi connectivity index (χ4n) is 12.8. The number of halogens is 1. The lowest BCUT2D eigenvalue weighted by molar-refractivity contribution is -0.140. The van der Waals surface area contributed by atoms with Gasteiger partial charge in [0.1, 0.15) is 5.15 Å². The van der Waals surface area contributed by atoms with Crippen molar-refractivity contribution in [2.45, 2.75) is 100 Å². The topological polar surface area (TPSA) is 362 Å². The van der Waals surface area contributed by atoms with Crippen molar-refractivity contribution in [2.24, 2.45) is 11.5 Å². The molecule has 0 radical (unpaired) electrons. The van der Waals surface area contributed by atoms with Crippen LogP contribution >= 0.6 is 11.6 Å². The maximum Gasteiger partial charge on any atom is 0.387 e. The van der Waals surface area contributed by atoms with Gasteiger partial charge in [0, 0.05) is 79.0 Å². The lowest BCUT2D eigenvalue weighted by Crippen LogP contribution is -2.33. The number of rotatable bonds is 27. The van der Waals surface area contributed by atoms with Crippen LogP contribution in [0.25, 0.3) is 48.4 Å². The molecule has 6 heterocycles. The van der Waals surface area contributed by atoms with Crippen LogP contribution in [0.4, 0.5) is 0 Å². The largest absolute Gasteiger partial charge is 0.493 e. The highest BCUT2D eigenvalue weighted by Gasteiger charge is 2.25. The average molecular weight is 1670 g/mol. The standard InChI is InChI=1S/C15H15ClN2O3.C15H16N2O4.2C14H18N2O3.C14H16N2O2.C11H17NO2.C5H7NO2/c1-3-21-13-6-9-4-5-18-11(8-14(16)17-15(18)19)10(9)7-12(13)20-2;1-3-21-13-6-9-4-5-17-11(8-14(18)16-15(17)19)10(9)7-12(13)20-2;1-3-19-13-6-9-4-5-16-11(8-14(15)17)10(9)7-12(13)18-2;1-4-19-13-9-11(5-6-12(13)18-3)7-8-16-14(17)10-15-2;1-4-18-14-7-10-5-6-16-12(9-15-2)11(10)8-13(14)17-3;1-3-14-11-8-9(6-7-12)4-5-10(11)13-2;1-3-8-5(7)4-6-2/h6-8H,3-5H2,1-2H3;6-8H,3-5H2,1-2H3,(H,16,18,19);6-8,16H,3-5H2,1-2H3,(H2,15,17);5-6,9H,4,7-8,10H2,1,3H3,(H,16,17);7-9,16H,4-6H2,1,3H3;4-5,8H,3,6-7,12H2,1-2H3;3-4H2,1H3/b;;11-8-;;12-9-;;. The number of hydrogen-bond donors (Lipinski definition) is 6. The minimum absolute atomic E-state index is 0.118. The predicted octanol–water partition coefficient (Wildman–Crippen LogP) is 11.0. The van der Waals surface area contributed by atoms with Crippen molar-refractivity contribution in [1.82, 2.24) is 35.1 Å². The molecule has 640 valence electrons. The third-order valence-corrected chi connectivity index (χ3v) is 18.2. The summed E-state index contributed by atoms with van der Waals surface area (Å²) in [6.07, 6.45) is 7.71. The van der Waals surface area contributed by atoms with E-state index in [9.17, 15) is 28.8 Å². The summed E-state index contributed by atoms with van der Waals surface area (Å²) in [7, 11) is 9.62. The summed E-state index contributed by atoms with van der Waals surface area (Å²) in [5.74, 6) is 7.29. The number of amides is 2. The number of fused-ring (bicyclic) bond motifs is 8. The van der Waals surface area contributed by atoms with E-state index in [2.05, 4.69) is 45.2 Å². The average Bonchev–Trinajstić information content (AvgIpc) is 0.769. The smallest absolute Gasteiger partial charge is 0.387 e. The molecule has 4 aliphatic rings. The molecule has 0 fully saturated rings. The Morgan fingerprint density at radius 3 is 1.32 bits per heavy atom. The summed E-state index contributed by atoms with van der Waals surface area (Å²) in [4.78, 5) is 83.0. The molecule has 0 unspecified atom stereocenters. The van der Waals surface area contributed by atoms with Crippen LogP contribution in [0.5, 0.6) is 69.0 Å². The van der Waals surface area contributed by atoms with Crippen LogP contribution in [0.15, 0.2) is 124 Å². The molecular weight excluding hydrogens is 1560 g/mol. The number of H-pyrrole nitrogens is 1. The Kier molecular flexibility index (Phi) is 40.1. The molecule has 32 heteroatoms. The lowest BCUT2D eigenvalue weighted by atomic mass is 9.97. The van der Waals surface area contributed by atoms with Crippen molar-refractivity contribution in [3.05, 3.63) is 225 Å². The number of aromatic nitrogens is 4. The first-order valence-electron chi connectivity index (χ1n) is 39.0. The highest BCUT2D eigenvalue weighted by atomic mass is 35.5. The van der Waals surface area contributed by atoms with Crippen molar-refractivity contribution in [3.8, 4) is 91.5 Å². The van der Waals surface area contributed by atoms with Gasteiger partial charge in [0.2, 0.25) is 5.91 Å². The summed E-state index contributed by atoms with van der Waals surface area (Å²) >= 11 is 5.92. The first-order chi connectivity index (χ1) is 58.0. The number of carbonyl (C=O) groups is 3. The molecule has 6 aromatic carbocycles. The second-order valence-corrected chi connectivity index (χ2v) is 26.0. The van der Waals surface area contributed by atoms with Crippen LogP contribution in [-0.4, -0.2) is 165 Å². The Labute approximate surface area is 704 Å².